The quantitative estimate of drug-likeness (QED) is 0.242. The Morgan fingerprint density at radius 2 is 0.571 bits per heavy atom. The van der Waals surface area contributed by atoms with Gasteiger partial charge in [-0.25, -0.2) is 0 Å². The van der Waals surface area contributed by atoms with Gasteiger partial charge in [-0.3, -0.25) is 9.41 Å². The van der Waals surface area contributed by atoms with E-state index in [1.165, 1.54) is 0 Å². The van der Waals surface area contributed by atoms with E-state index in [4.69, 9.17) is 0 Å². The fourth-order valence-electron chi connectivity index (χ4n) is 0. The van der Waals surface area contributed by atoms with E-state index in [1.807, 2.05) is 0 Å². The molecular weight excluding hydrogens is 154 g/mol. The number of hydrogen-bond donors (Lipinski definition) is 0. The van der Waals surface area contributed by atoms with Crippen molar-refractivity contribution in [2.24, 2.45) is 0 Å². The Hall–Kier alpha value is 0.532. The third-order valence-corrected chi connectivity index (χ3v) is 0. The molecule has 0 fully saturated rings. The Morgan fingerprint density at radius 3 is 0.571 bits per heavy atom. The van der Waals surface area contributed by atoms with E-state index in [0.29, 0.717) is 0 Å². The van der Waals surface area contributed by atoms with Crippen molar-refractivity contribution >= 4 is 30.9 Å². The van der Waals surface area contributed by atoms with E-state index < -0.39 is 0 Å². The van der Waals surface area contributed by atoms with Crippen molar-refractivity contribution in [3.05, 3.63) is 0 Å². The molecule has 0 bridgehead atoms. The van der Waals surface area contributed by atoms with Crippen LogP contribution in [0, 0.1) is 0 Å². The molecule has 0 aromatic rings. The molecule has 0 saturated carbocycles. The van der Waals surface area contributed by atoms with Crippen molar-refractivity contribution < 1.29 is 23.5 Å². The van der Waals surface area contributed by atoms with Gasteiger partial charge in [0.2, 0.25) is 0 Å². The second-order valence-corrected chi connectivity index (χ2v) is 0. The summed E-state index contributed by atoms with van der Waals surface area (Å²) >= 11 is 0. The number of hydrogen-bond acceptors (Lipinski definition) is 0. The first-order chi connectivity index (χ1) is 0. The maximum Gasteiger partial charge on any atom is 3.00 e. The van der Waals surface area contributed by atoms with Gasteiger partial charge in [-0.15, -0.1) is 0 Å². The third kappa shape index (κ3) is 473. The third-order valence-electron chi connectivity index (χ3n) is 0. The van der Waals surface area contributed by atoms with Crippen LogP contribution < -0.4 is 14.1 Å². The molecule has 7 heteroatoms. The normalized spacial score (nSPS) is 0. The molecule has 0 aliphatic carbocycles. The van der Waals surface area contributed by atoms with E-state index in [2.05, 4.69) is 0 Å². The predicted molar refractivity (Wildman–Crippen MR) is 21.1 cm³/mol. The molecule has 0 unspecified atom stereocenters. The standard InChI is InChI=1S/Al.5FH.H2S/h;5*1H;1H2/q+3;;;;;;/p-3. The average molecular weight is 158 g/mol. The van der Waals surface area contributed by atoms with Gasteiger partial charge in [0, 0.05) is 0 Å². The second-order valence-electron chi connectivity index (χ2n) is 0. The molecule has 0 atom stereocenters. The number of rotatable bonds is 0. The van der Waals surface area contributed by atoms with Gasteiger partial charge in [0.15, 0.2) is 0 Å². The molecule has 0 aliphatic rings. The van der Waals surface area contributed by atoms with Crippen LogP contribution in [-0.4, -0.2) is 17.4 Å². The summed E-state index contributed by atoms with van der Waals surface area (Å²) < 4.78 is 0. The van der Waals surface area contributed by atoms with Crippen LogP contribution in [-0.2, 0) is 0 Å². The van der Waals surface area contributed by atoms with Crippen LogP contribution in [0.25, 0.3) is 0 Å². The molecule has 0 amide bonds. The molecule has 48 valence electrons. The summed E-state index contributed by atoms with van der Waals surface area (Å²) in [6, 6.07) is 0. The van der Waals surface area contributed by atoms with Gasteiger partial charge < -0.3 is 14.1 Å². The molecular formula is H4AlF5S. The first-order valence-corrected chi connectivity index (χ1v) is 0. The topological polar surface area (TPSA) is 0 Å². The Morgan fingerprint density at radius 1 is 0.571 bits per heavy atom. The van der Waals surface area contributed by atoms with Crippen LogP contribution in [0.5, 0.6) is 0 Å². The van der Waals surface area contributed by atoms with Gasteiger partial charge in [-0.2, -0.15) is 13.5 Å². The van der Waals surface area contributed by atoms with Crippen LogP contribution in [0.15, 0.2) is 0 Å². The van der Waals surface area contributed by atoms with E-state index in [-0.39, 0.29) is 54.4 Å². The molecule has 0 rings (SSSR count). The van der Waals surface area contributed by atoms with Crippen molar-refractivity contribution in [1.29, 1.82) is 0 Å². The number of halogens is 5. The Labute approximate surface area is 55.1 Å². The van der Waals surface area contributed by atoms with Gasteiger partial charge in [0.25, 0.3) is 0 Å². The summed E-state index contributed by atoms with van der Waals surface area (Å²) in [5.74, 6) is 0. The molecule has 7 heavy (non-hydrogen) atoms. The fraction of sp³-hybridized carbons (Fsp3) is 0. The van der Waals surface area contributed by atoms with Crippen molar-refractivity contribution in [2.75, 3.05) is 0 Å². The summed E-state index contributed by atoms with van der Waals surface area (Å²) in [5.41, 5.74) is 0. The summed E-state index contributed by atoms with van der Waals surface area (Å²) in [6.07, 6.45) is 0. The predicted octanol–water partition coefficient (Wildman–Crippen LogP) is -8.95. The summed E-state index contributed by atoms with van der Waals surface area (Å²) in [7, 11) is 0. The minimum Gasteiger partial charge on any atom is -1.00 e. The summed E-state index contributed by atoms with van der Waals surface area (Å²) in [4.78, 5) is 0. The monoisotopic (exact) mass is 158 g/mol. The van der Waals surface area contributed by atoms with E-state index in [1.54, 1.807) is 0 Å². The molecule has 0 N–H and O–H groups in total. The minimum atomic E-state index is 0. The van der Waals surface area contributed by atoms with Gasteiger partial charge in [0.1, 0.15) is 0 Å². The van der Waals surface area contributed by atoms with Crippen molar-refractivity contribution in [3.8, 4) is 0 Å². The Bertz CT molecular complexity index is 8.04. The van der Waals surface area contributed by atoms with Crippen LogP contribution in [0.4, 0.5) is 9.41 Å². The molecule has 0 saturated heterocycles. The molecule has 0 spiro atoms. The molecule has 0 aliphatic heterocycles. The van der Waals surface area contributed by atoms with Crippen LogP contribution >= 0.6 is 13.5 Å². The molecule has 0 aromatic heterocycles. The van der Waals surface area contributed by atoms with Gasteiger partial charge in [0.05, 0.1) is 0 Å². The average Bonchev–Trinajstić information content (AvgIpc) is 0. The first-order valence-electron chi connectivity index (χ1n) is 0. The second kappa shape index (κ2) is 705. The van der Waals surface area contributed by atoms with Crippen LogP contribution in [0.1, 0.15) is 0 Å². The molecule has 0 radical (unpaired) electrons. The van der Waals surface area contributed by atoms with Crippen molar-refractivity contribution in [3.63, 3.8) is 0 Å². The largest absolute Gasteiger partial charge is 3.00 e. The Balaban J connectivity index is 0. The van der Waals surface area contributed by atoms with Crippen molar-refractivity contribution in [1.82, 2.24) is 0 Å². The fourth-order valence-corrected chi connectivity index (χ4v) is 0. The summed E-state index contributed by atoms with van der Waals surface area (Å²) in [6.45, 7) is 0. The van der Waals surface area contributed by atoms with Crippen molar-refractivity contribution in [2.45, 2.75) is 0 Å². The van der Waals surface area contributed by atoms with Gasteiger partial charge in [-0.1, -0.05) is 0 Å². The van der Waals surface area contributed by atoms with Gasteiger partial charge >= 0.3 is 17.4 Å². The van der Waals surface area contributed by atoms with E-state index in [0.717, 1.165) is 0 Å². The maximum atomic E-state index is 0. The zero-order valence-corrected chi connectivity index (χ0v) is 5.18. The first kappa shape index (κ1) is 1130. The van der Waals surface area contributed by atoms with E-state index >= 15 is 0 Å². The SMILES string of the molecule is F.F.S.[Al+3].[F-].[F-].[F-]. The minimum absolute atomic E-state index is 0. The molecule has 0 heterocycles. The van der Waals surface area contributed by atoms with Crippen LogP contribution in [0.3, 0.4) is 0 Å². The maximum absolute atomic E-state index is 0. The van der Waals surface area contributed by atoms with Crippen LogP contribution in [0.2, 0.25) is 0 Å². The zero-order chi connectivity index (χ0) is 0. The smallest absolute Gasteiger partial charge is 1.00 e. The van der Waals surface area contributed by atoms with Gasteiger partial charge in [-0.05, 0) is 0 Å². The molecule has 0 nitrogen and oxygen atoms in total. The Kier molecular flexibility index (Phi) is 114000. The molecule has 0 aromatic carbocycles. The van der Waals surface area contributed by atoms with E-state index in [9.17, 15) is 0 Å². The summed E-state index contributed by atoms with van der Waals surface area (Å²) in [5, 5.41) is 0. The zero-order valence-electron chi connectivity index (χ0n) is 3.03.